The quantitative estimate of drug-likeness (QED) is 0.801. The van der Waals surface area contributed by atoms with Gasteiger partial charge in [-0.3, -0.25) is 4.79 Å². The van der Waals surface area contributed by atoms with Crippen LogP contribution in [0.5, 0.6) is 5.75 Å². The number of hydrogen-bond acceptors (Lipinski definition) is 3. The van der Waals surface area contributed by atoms with E-state index in [0.717, 1.165) is 11.3 Å². The minimum absolute atomic E-state index is 0.120. The third kappa shape index (κ3) is 5.31. The second-order valence-electron chi connectivity index (χ2n) is 5.40. The summed E-state index contributed by atoms with van der Waals surface area (Å²) in [4.78, 5) is 11.0. The number of halogens is 2. The van der Waals surface area contributed by atoms with Crippen molar-refractivity contribution in [3.63, 3.8) is 0 Å². The normalized spacial score (nSPS) is 12.0. The van der Waals surface area contributed by atoms with Crippen LogP contribution in [0.3, 0.4) is 0 Å². The molecule has 2 rings (SSSR count). The largest absolute Gasteiger partial charge is 0.434 e. The number of amides is 1. The molecule has 2 aromatic carbocycles. The number of benzene rings is 2. The molecule has 0 bridgehead atoms. The number of anilines is 1. The number of alkyl halides is 2. The summed E-state index contributed by atoms with van der Waals surface area (Å²) in [6.45, 7) is 1.06. The summed E-state index contributed by atoms with van der Waals surface area (Å²) >= 11 is 0. The predicted octanol–water partition coefficient (Wildman–Crippen LogP) is 4.10. The molecule has 0 aliphatic carbocycles. The van der Waals surface area contributed by atoms with Gasteiger partial charge in [-0.25, -0.2) is 0 Å². The summed E-state index contributed by atoms with van der Waals surface area (Å²) in [5, 5.41) is 5.98. The van der Waals surface area contributed by atoms with Gasteiger partial charge in [0, 0.05) is 30.8 Å². The highest BCUT2D eigenvalue weighted by Gasteiger charge is 2.14. The molecule has 0 radical (unpaired) electrons. The maximum absolute atomic E-state index is 12.5. The zero-order valence-corrected chi connectivity index (χ0v) is 13.6. The topological polar surface area (TPSA) is 50.4 Å². The van der Waals surface area contributed by atoms with Gasteiger partial charge in [-0.15, -0.1) is 0 Å². The molecular formula is C18H20F2N2O2. The van der Waals surface area contributed by atoms with Gasteiger partial charge in [0.2, 0.25) is 5.91 Å². The van der Waals surface area contributed by atoms with E-state index in [1.54, 1.807) is 18.2 Å². The molecule has 128 valence electrons. The number of rotatable bonds is 7. The Morgan fingerprint density at radius 2 is 1.79 bits per heavy atom. The fourth-order valence-corrected chi connectivity index (χ4v) is 2.33. The van der Waals surface area contributed by atoms with Crippen LogP contribution in [0.2, 0.25) is 0 Å². The molecule has 0 aromatic heterocycles. The third-order valence-electron chi connectivity index (χ3n) is 3.49. The van der Waals surface area contributed by atoms with Crippen molar-refractivity contribution in [2.75, 3.05) is 5.32 Å². The van der Waals surface area contributed by atoms with E-state index in [1.807, 2.05) is 31.2 Å². The Balaban J connectivity index is 1.98. The Hall–Kier alpha value is -2.47. The van der Waals surface area contributed by atoms with E-state index in [1.165, 1.54) is 13.0 Å². The van der Waals surface area contributed by atoms with E-state index >= 15 is 0 Å². The lowest BCUT2D eigenvalue weighted by Crippen LogP contribution is -2.19. The molecule has 1 amide bonds. The first-order chi connectivity index (χ1) is 11.5. The van der Waals surface area contributed by atoms with Crippen LogP contribution in [0.25, 0.3) is 0 Å². The van der Waals surface area contributed by atoms with Gasteiger partial charge >= 0.3 is 6.61 Å². The fourth-order valence-electron chi connectivity index (χ4n) is 2.33. The van der Waals surface area contributed by atoms with Gasteiger partial charge in [0.15, 0.2) is 0 Å². The Morgan fingerprint density at radius 1 is 1.12 bits per heavy atom. The molecule has 0 aliphatic rings. The fraction of sp³-hybridized carbons (Fsp3) is 0.278. The van der Waals surface area contributed by atoms with E-state index in [2.05, 4.69) is 15.4 Å². The molecule has 0 saturated carbocycles. The van der Waals surface area contributed by atoms with E-state index in [4.69, 9.17) is 0 Å². The molecule has 2 aromatic rings. The van der Waals surface area contributed by atoms with Crippen LogP contribution in [-0.4, -0.2) is 12.5 Å². The number of carbonyl (C=O) groups is 1. The molecule has 0 heterocycles. The van der Waals surface area contributed by atoms with E-state index in [-0.39, 0.29) is 17.7 Å². The molecule has 0 unspecified atom stereocenters. The maximum atomic E-state index is 12.5. The molecule has 0 fully saturated rings. The summed E-state index contributed by atoms with van der Waals surface area (Å²) in [6, 6.07) is 14.0. The maximum Gasteiger partial charge on any atom is 0.387 e. The predicted molar refractivity (Wildman–Crippen MR) is 89.1 cm³/mol. The molecule has 6 heteroatoms. The lowest BCUT2D eigenvalue weighted by molar-refractivity contribution is -0.114. The average molecular weight is 334 g/mol. The highest BCUT2D eigenvalue weighted by Crippen LogP contribution is 2.26. The van der Waals surface area contributed by atoms with Crippen LogP contribution in [0.1, 0.15) is 31.0 Å². The molecule has 4 nitrogen and oxygen atoms in total. The van der Waals surface area contributed by atoms with Crippen LogP contribution < -0.4 is 15.4 Å². The molecule has 2 N–H and O–H groups in total. The van der Waals surface area contributed by atoms with Crippen molar-refractivity contribution >= 4 is 11.6 Å². The molecular weight excluding hydrogens is 314 g/mol. The zero-order chi connectivity index (χ0) is 17.5. The SMILES string of the molecule is CC(=O)Nc1ccc(CN[C@@H](C)c2ccccc2OC(F)F)cc1. The van der Waals surface area contributed by atoms with Crippen LogP contribution in [0.15, 0.2) is 48.5 Å². The van der Waals surface area contributed by atoms with Gasteiger partial charge in [0.1, 0.15) is 5.75 Å². The van der Waals surface area contributed by atoms with E-state index in [9.17, 15) is 13.6 Å². The Labute approximate surface area is 139 Å². The Kier molecular flexibility index (Phi) is 6.26. The standard InChI is InChI=1S/C18H20F2N2O2/c1-12(16-5-3-4-6-17(16)24-18(19)20)21-11-14-7-9-15(10-8-14)22-13(2)23/h3-10,12,18,21H,11H2,1-2H3,(H,22,23)/t12-/m0/s1. The van der Waals surface area contributed by atoms with Gasteiger partial charge in [-0.2, -0.15) is 8.78 Å². The summed E-state index contributed by atoms with van der Waals surface area (Å²) in [5.41, 5.74) is 2.42. The van der Waals surface area contributed by atoms with Gasteiger partial charge < -0.3 is 15.4 Å². The first kappa shape index (κ1) is 17.9. The number of hydrogen-bond donors (Lipinski definition) is 2. The molecule has 1 atom stereocenters. The minimum atomic E-state index is -2.85. The summed E-state index contributed by atoms with van der Waals surface area (Å²) < 4.78 is 29.5. The Morgan fingerprint density at radius 3 is 2.42 bits per heavy atom. The van der Waals surface area contributed by atoms with Crippen molar-refractivity contribution < 1.29 is 18.3 Å². The number of nitrogens with one attached hydrogen (secondary N) is 2. The zero-order valence-electron chi connectivity index (χ0n) is 13.6. The van der Waals surface area contributed by atoms with Crippen molar-refractivity contribution in [2.24, 2.45) is 0 Å². The van der Waals surface area contributed by atoms with Crippen LogP contribution in [0, 0.1) is 0 Å². The Bertz CT molecular complexity index is 675. The van der Waals surface area contributed by atoms with Gasteiger partial charge in [-0.1, -0.05) is 30.3 Å². The van der Waals surface area contributed by atoms with Crippen LogP contribution >= 0.6 is 0 Å². The van der Waals surface area contributed by atoms with Gasteiger partial charge in [0.25, 0.3) is 0 Å². The first-order valence-electron chi connectivity index (χ1n) is 7.59. The number of carbonyl (C=O) groups excluding carboxylic acids is 1. The first-order valence-corrected chi connectivity index (χ1v) is 7.59. The van der Waals surface area contributed by atoms with E-state index in [0.29, 0.717) is 12.1 Å². The van der Waals surface area contributed by atoms with E-state index < -0.39 is 6.61 Å². The lowest BCUT2D eigenvalue weighted by Gasteiger charge is -2.18. The second-order valence-corrected chi connectivity index (χ2v) is 5.40. The number of para-hydroxylation sites is 1. The number of ether oxygens (including phenoxy) is 1. The van der Waals surface area contributed by atoms with Gasteiger partial charge in [-0.05, 0) is 30.7 Å². The molecule has 0 spiro atoms. The summed E-state index contributed by atoms with van der Waals surface area (Å²) in [5.74, 6) is 0.0543. The van der Waals surface area contributed by atoms with Gasteiger partial charge in [0.05, 0.1) is 0 Å². The lowest BCUT2D eigenvalue weighted by atomic mass is 10.1. The van der Waals surface area contributed by atoms with Crippen molar-refractivity contribution in [3.05, 3.63) is 59.7 Å². The summed E-state index contributed by atoms with van der Waals surface area (Å²) in [7, 11) is 0. The third-order valence-corrected chi connectivity index (χ3v) is 3.49. The van der Waals surface area contributed by atoms with Crippen molar-refractivity contribution in [3.8, 4) is 5.75 Å². The second kappa shape index (κ2) is 8.40. The molecule has 0 aliphatic heterocycles. The van der Waals surface area contributed by atoms with Crippen molar-refractivity contribution in [1.29, 1.82) is 0 Å². The molecule has 0 saturated heterocycles. The van der Waals surface area contributed by atoms with Crippen LogP contribution in [-0.2, 0) is 11.3 Å². The molecule has 24 heavy (non-hydrogen) atoms. The smallest absolute Gasteiger partial charge is 0.387 e. The monoisotopic (exact) mass is 334 g/mol. The highest BCUT2D eigenvalue weighted by molar-refractivity contribution is 5.88. The van der Waals surface area contributed by atoms with Crippen LogP contribution in [0.4, 0.5) is 14.5 Å². The minimum Gasteiger partial charge on any atom is -0.434 e. The van der Waals surface area contributed by atoms with Crippen molar-refractivity contribution in [1.82, 2.24) is 5.32 Å². The van der Waals surface area contributed by atoms with Crippen molar-refractivity contribution in [2.45, 2.75) is 33.0 Å². The highest BCUT2D eigenvalue weighted by atomic mass is 19.3. The summed E-state index contributed by atoms with van der Waals surface area (Å²) in [6.07, 6.45) is 0. The average Bonchev–Trinajstić information content (AvgIpc) is 2.53.